The predicted octanol–water partition coefficient (Wildman–Crippen LogP) is 3.38. The Hall–Kier alpha value is -2.25. The van der Waals surface area contributed by atoms with Crippen LogP contribution in [0.5, 0.6) is 17.2 Å². The molecule has 0 bridgehead atoms. The van der Waals surface area contributed by atoms with Crippen molar-refractivity contribution in [3.63, 3.8) is 0 Å². The zero-order chi connectivity index (χ0) is 21.2. The fraction of sp³-hybridized carbons (Fsp3) is 0.545. The third-order valence-electron chi connectivity index (χ3n) is 5.03. The molecule has 0 amide bonds. The molecule has 0 spiro atoms. The Morgan fingerprint density at radius 2 is 1.67 bits per heavy atom. The van der Waals surface area contributed by atoms with Crippen molar-refractivity contribution in [1.82, 2.24) is 4.90 Å². The molecule has 1 aromatic carbocycles. The molecule has 1 fully saturated rings. The van der Waals surface area contributed by atoms with Gasteiger partial charge < -0.3 is 23.8 Å². The first kappa shape index (κ1) is 25.8. The number of hydrogen-bond acceptors (Lipinski definition) is 7. The third kappa shape index (κ3) is 7.22. The largest absolute Gasteiger partial charge is 0.493 e. The highest BCUT2D eigenvalue weighted by Crippen LogP contribution is 2.38. The Morgan fingerprint density at radius 1 is 1.07 bits per heavy atom. The first-order valence-electron chi connectivity index (χ1n) is 9.92. The quantitative estimate of drug-likeness (QED) is 0.407. The number of esters is 1. The maximum absolute atomic E-state index is 12.3. The lowest BCUT2D eigenvalue weighted by Gasteiger charge is -2.30. The van der Waals surface area contributed by atoms with Crippen LogP contribution in [-0.4, -0.2) is 64.2 Å². The van der Waals surface area contributed by atoms with Gasteiger partial charge in [0.2, 0.25) is 5.75 Å². The molecule has 0 unspecified atom stereocenters. The average Bonchev–Trinajstić information content (AvgIpc) is 2.75. The van der Waals surface area contributed by atoms with E-state index in [-0.39, 0.29) is 30.1 Å². The maximum atomic E-state index is 12.3. The van der Waals surface area contributed by atoms with Crippen LogP contribution in [0, 0.1) is 5.92 Å². The number of rotatable bonds is 10. The number of carbonyl (C=O) groups is 2. The summed E-state index contributed by atoms with van der Waals surface area (Å²) in [7, 11) is 4.66. The second-order valence-electron chi connectivity index (χ2n) is 6.88. The Kier molecular flexibility index (Phi) is 11.3. The molecule has 1 aliphatic rings. The van der Waals surface area contributed by atoms with Crippen LogP contribution in [0.1, 0.15) is 31.7 Å². The van der Waals surface area contributed by atoms with Crippen LogP contribution in [0.3, 0.4) is 0 Å². The van der Waals surface area contributed by atoms with Crippen molar-refractivity contribution in [2.24, 2.45) is 5.92 Å². The molecule has 1 aliphatic heterocycles. The number of ether oxygens (including phenoxy) is 4. The van der Waals surface area contributed by atoms with Gasteiger partial charge in [0.15, 0.2) is 17.3 Å². The molecule has 1 saturated heterocycles. The van der Waals surface area contributed by atoms with Crippen LogP contribution in [0.4, 0.5) is 0 Å². The van der Waals surface area contributed by atoms with Gasteiger partial charge in [-0.25, -0.2) is 0 Å². The molecule has 30 heavy (non-hydrogen) atoms. The molecule has 0 N–H and O–H groups in total. The van der Waals surface area contributed by atoms with Gasteiger partial charge in [0.25, 0.3) is 0 Å². The molecular weight excluding hydrogens is 410 g/mol. The summed E-state index contributed by atoms with van der Waals surface area (Å²) >= 11 is 0. The van der Waals surface area contributed by atoms with E-state index in [1.165, 1.54) is 0 Å². The Balaban J connectivity index is 0.00000450. The standard InChI is InChI=1S/C22H31NO6.ClH/c1-5-29-22(25)17-8-11-23(12-9-17)13-10-18(24)7-6-16-14-19(26-2)21(28-4)20(15-16)27-3;/h6-7,14-15,17H,5,8-13H2,1-4H3;1H. The third-order valence-corrected chi connectivity index (χ3v) is 5.03. The normalized spacial score (nSPS) is 14.8. The van der Waals surface area contributed by atoms with E-state index in [2.05, 4.69) is 4.90 Å². The van der Waals surface area contributed by atoms with Crippen LogP contribution < -0.4 is 14.2 Å². The SMILES string of the molecule is CCOC(=O)C1CCN(CCC(=O)C=Cc2cc(OC)c(OC)c(OC)c2)CC1.Cl. The number of methoxy groups -OCH3 is 3. The second kappa shape index (κ2) is 13.1. The Labute approximate surface area is 184 Å². The van der Waals surface area contributed by atoms with Crippen molar-refractivity contribution in [3.05, 3.63) is 23.8 Å². The summed E-state index contributed by atoms with van der Waals surface area (Å²) in [6, 6.07) is 3.59. The number of carbonyl (C=O) groups excluding carboxylic acids is 2. The van der Waals surface area contributed by atoms with Crippen molar-refractivity contribution in [3.8, 4) is 17.2 Å². The van der Waals surface area contributed by atoms with Gasteiger partial charge in [0.05, 0.1) is 33.9 Å². The van der Waals surface area contributed by atoms with Crippen molar-refractivity contribution in [2.75, 3.05) is 47.6 Å². The molecule has 0 aromatic heterocycles. The van der Waals surface area contributed by atoms with Gasteiger partial charge in [-0.3, -0.25) is 9.59 Å². The van der Waals surface area contributed by atoms with Gasteiger partial charge in [-0.2, -0.15) is 0 Å². The number of hydrogen-bond donors (Lipinski definition) is 0. The van der Waals surface area contributed by atoms with Crippen molar-refractivity contribution < 1.29 is 28.5 Å². The average molecular weight is 442 g/mol. The molecule has 1 aromatic rings. The van der Waals surface area contributed by atoms with Crippen molar-refractivity contribution in [1.29, 1.82) is 0 Å². The van der Waals surface area contributed by atoms with E-state index in [0.29, 0.717) is 36.8 Å². The number of nitrogens with zero attached hydrogens (tertiary/aromatic N) is 1. The van der Waals surface area contributed by atoms with Crippen molar-refractivity contribution in [2.45, 2.75) is 26.2 Å². The van der Waals surface area contributed by atoms with E-state index in [0.717, 1.165) is 31.5 Å². The van der Waals surface area contributed by atoms with Crippen LogP contribution in [0.2, 0.25) is 0 Å². The van der Waals surface area contributed by atoms with Gasteiger partial charge in [-0.05, 0) is 56.6 Å². The zero-order valence-corrected chi connectivity index (χ0v) is 19.0. The topological polar surface area (TPSA) is 74.3 Å². The smallest absolute Gasteiger partial charge is 0.309 e. The fourth-order valence-corrected chi connectivity index (χ4v) is 3.39. The van der Waals surface area contributed by atoms with Gasteiger partial charge in [-0.15, -0.1) is 12.4 Å². The second-order valence-corrected chi connectivity index (χ2v) is 6.88. The highest BCUT2D eigenvalue weighted by atomic mass is 35.5. The number of allylic oxidation sites excluding steroid dienone is 1. The molecule has 8 heteroatoms. The number of benzene rings is 1. The highest BCUT2D eigenvalue weighted by molar-refractivity contribution is 5.93. The van der Waals surface area contributed by atoms with Gasteiger partial charge in [-0.1, -0.05) is 6.08 Å². The van der Waals surface area contributed by atoms with E-state index in [1.54, 1.807) is 45.6 Å². The number of ketones is 1. The maximum Gasteiger partial charge on any atom is 0.309 e. The Morgan fingerprint density at radius 3 is 2.17 bits per heavy atom. The predicted molar refractivity (Wildman–Crippen MR) is 118 cm³/mol. The van der Waals surface area contributed by atoms with Gasteiger partial charge >= 0.3 is 5.97 Å². The molecule has 2 rings (SSSR count). The summed E-state index contributed by atoms with van der Waals surface area (Å²) in [6.45, 7) is 4.56. The lowest BCUT2D eigenvalue weighted by Crippen LogP contribution is -2.37. The monoisotopic (exact) mass is 441 g/mol. The molecular formula is C22H32ClNO6. The number of halogens is 1. The van der Waals surface area contributed by atoms with Crippen LogP contribution >= 0.6 is 12.4 Å². The minimum Gasteiger partial charge on any atom is -0.493 e. The summed E-state index contributed by atoms with van der Waals surface area (Å²) in [4.78, 5) is 26.3. The van der Waals surface area contributed by atoms with Gasteiger partial charge in [0, 0.05) is 13.0 Å². The zero-order valence-electron chi connectivity index (χ0n) is 18.1. The van der Waals surface area contributed by atoms with Crippen LogP contribution in [0.15, 0.2) is 18.2 Å². The summed E-state index contributed by atoms with van der Waals surface area (Å²) in [6.07, 6.45) is 5.33. The number of piperidine rings is 1. The molecule has 168 valence electrons. The Bertz CT molecular complexity index is 703. The summed E-state index contributed by atoms with van der Waals surface area (Å²) in [5.41, 5.74) is 0.795. The van der Waals surface area contributed by atoms with E-state index >= 15 is 0 Å². The molecule has 0 radical (unpaired) electrons. The summed E-state index contributed by atoms with van der Waals surface area (Å²) < 4.78 is 21.1. The van der Waals surface area contributed by atoms with E-state index in [1.807, 2.05) is 6.92 Å². The van der Waals surface area contributed by atoms with E-state index in [9.17, 15) is 9.59 Å². The summed E-state index contributed by atoms with van der Waals surface area (Å²) in [5, 5.41) is 0. The number of likely N-dealkylation sites (tertiary alicyclic amines) is 1. The first-order chi connectivity index (χ1) is 14.0. The minimum atomic E-state index is -0.100. The molecule has 1 heterocycles. The molecule has 0 aliphatic carbocycles. The van der Waals surface area contributed by atoms with E-state index < -0.39 is 0 Å². The lowest BCUT2D eigenvalue weighted by atomic mass is 9.97. The first-order valence-corrected chi connectivity index (χ1v) is 9.92. The summed E-state index contributed by atoms with van der Waals surface area (Å²) in [5.74, 6) is 1.54. The molecule has 0 atom stereocenters. The van der Waals surface area contributed by atoms with Crippen LogP contribution in [0.25, 0.3) is 6.08 Å². The lowest BCUT2D eigenvalue weighted by molar-refractivity contribution is -0.149. The van der Waals surface area contributed by atoms with Crippen molar-refractivity contribution >= 4 is 30.2 Å². The van der Waals surface area contributed by atoms with E-state index in [4.69, 9.17) is 18.9 Å². The highest BCUT2D eigenvalue weighted by Gasteiger charge is 2.25. The molecule has 0 saturated carbocycles. The van der Waals surface area contributed by atoms with Crippen LogP contribution in [-0.2, 0) is 14.3 Å². The minimum absolute atomic E-state index is 0. The fourth-order valence-electron chi connectivity index (χ4n) is 3.39. The van der Waals surface area contributed by atoms with Gasteiger partial charge in [0.1, 0.15) is 0 Å². The molecule has 7 nitrogen and oxygen atoms in total.